The summed E-state index contributed by atoms with van der Waals surface area (Å²) in [5.41, 5.74) is 1.59. The van der Waals surface area contributed by atoms with Gasteiger partial charge in [0.25, 0.3) is 5.91 Å². The number of nitrogens with zero attached hydrogens (tertiary/aromatic N) is 4. The molecule has 4 heterocycles. The molecule has 0 saturated carbocycles. The Morgan fingerprint density at radius 1 is 1.18 bits per heavy atom. The number of amides is 1. The van der Waals surface area contributed by atoms with Gasteiger partial charge >= 0.3 is 0 Å². The number of anilines is 1. The largest absolute Gasteiger partial charge is 0.472 e. The van der Waals surface area contributed by atoms with Gasteiger partial charge in [0.2, 0.25) is 0 Å². The average molecular weight is 314 g/mol. The fraction of sp³-hybridized carbons (Fsp3) is 0.267. The molecule has 0 spiro atoms. The molecule has 3 aromatic rings. The molecule has 0 aromatic carbocycles. The Kier molecular flexibility index (Phi) is 3.27. The molecule has 1 aliphatic rings. The minimum atomic E-state index is 0.0253. The van der Waals surface area contributed by atoms with Gasteiger partial charge < -0.3 is 14.2 Å². The lowest BCUT2D eigenvalue weighted by Gasteiger charge is -2.35. The fourth-order valence-electron chi connectivity index (χ4n) is 2.69. The van der Waals surface area contributed by atoms with E-state index in [1.165, 1.54) is 12.5 Å². The molecule has 1 aliphatic heterocycles. The second-order valence-corrected chi connectivity index (χ2v) is 6.04. The van der Waals surface area contributed by atoms with Gasteiger partial charge in [0.15, 0.2) is 0 Å². The minimum Gasteiger partial charge on any atom is -0.472 e. The average Bonchev–Trinajstić information content (AvgIpc) is 3.25. The molecule has 3 aromatic heterocycles. The van der Waals surface area contributed by atoms with Crippen LogP contribution in [0.25, 0.3) is 10.2 Å². The van der Waals surface area contributed by atoms with Crippen LogP contribution >= 0.6 is 11.3 Å². The van der Waals surface area contributed by atoms with Gasteiger partial charge in [-0.25, -0.2) is 9.97 Å². The van der Waals surface area contributed by atoms with Gasteiger partial charge in [0, 0.05) is 26.2 Å². The van der Waals surface area contributed by atoms with Crippen LogP contribution in [0.4, 0.5) is 5.82 Å². The summed E-state index contributed by atoms with van der Waals surface area (Å²) in [5, 5.41) is 2.03. The predicted molar refractivity (Wildman–Crippen MR) is 84.2 cm³/mol. The monoisotopic (exact) mass is 314 g/mol. The van der Waals surface area contributed by atoms with Crippen LogP contribution < -0.4 is 4.90 Å². The van der Waals surface area contributed by atoms with Crippen molar-refractivity contribution in [3.05, 3.63) is 41.9 Å². The first-order valence-electron chi connectivity index (χ1n) is 7.07. The first-order valence-corrected chi connectivity index (χ1v) is 7.95. The number of carbonyl (C=O) groups is 1. The lowest BCUT2D eigenvalue weighted by Crippen LogP contribution is -2.49. The van der Waals surface area contributed by atoms with E-state index in [1.807, 2.05) is 16.3 Å². The molecular formula is C15H14N4O2S. The van der Waals surface area contributed by atoms with E-state index in [1.54, 1.807) is 23.7 Å². The van der Waals surface area contributed by atoms with E-state index in [2.05, 4.69) is 14.9 Å². The number of rotatable bonds is 2. The molecule has 22 heavy (non-hydrogen) atoms. The zero-order chi connectivity index (χ0) is 14.9. The molecule has 0 radical (unpaired) electrons. The number of carbonyl (C=O) groups excluding carboxylic acids is 1. The molecule has 112 valence electrons. The third kappa shape index (κ3) is 2.23. The highest BCUT2D eigenvalue weighted by Crippen LogP contribution is 2.28. The number of furan rings is 1. The summed E-state index contributed by atoms with van der Waals surface area (Å²) < 4.78 is 6.09. The summed E-state index contributed by atoms with van der Waals surface area (Å²) in [5.74, 6) is 0.993. The lowest BCUT2D eigenvalue weighted by atomic mass is 10.2. The first-order chi connectivity index (χ1) is 10.8. The van der Waals surface area contributed by atoms with Crippen LogP contribution in [0.5, 0.6) is 0 Å². The van der Waals surface area contributed by atoms with Crippen molar-refractivity contribution in [1.29, 1.82) is 0 Å². The molecule has 4 rings (SSSR count). The van der Waals surface area contributed by atoms with E-state index in [0.29, 0.717) is 18.7 Å². The maximum absolute atomic E-state index is 12.3. The maximum Gasteiger partial charge on any atom is 0.257 e. The van der Waals surface area contributed by atoms with Crippen LogP contribution in [0.2, 0.25) is 0 Å². The van der Waals surface area contributed by atoms with Gasteiger partial charge in [0.1, 0.15) is 18.4 Å². The zero-order valence-electron chi connectivity index (χ0n) is 11.8. The number of thiophene rings is 1. The second kappa shape index (κ2) is 5.42. The van der Waals surface area contributed by atoms with E-state index in [0.717, 1.165) is 29.1 Å². The third-order valence-electron chi connectivity index (χ3n) is 3.86. The van der Waals surface area contributed by atoms with Crippen molar-refractivity contribution in [2.75, 3.05) is 31.1 Å². The minimum absolute atomic E-state index is 0.0253. The third-order valence-corrected chi connectivity index (χ3v) is 4.76. The summed E-state index contributed by atoms with van der Waals surface area (Å²) in [6.07, 6.45) is 4.62. The van der Waals surface area contributed by atoms with E-state index >= 15 is 0 Å². The molecule has 0 N–H and O–H groups in total. The molecule has 1 amide bonds. The molecule has 7 heteroatoms. The number of aromatic nitrogens is 2. The standard InChI is InChI=1S/C15H14N4O2S/c20-15(11-1-7-21-9-11)19-5-3-18(4-6-19)14-13-12(2-8-22-13)16-10-17-14/h1-2,7-10H,3-6H2. The van der Waals surface area contributed by atoms with E-state index in [-0.39, 0.29) is 5.91 Å². The molecule has 1 fully saturated rings. The first kappa shape index (κ1) is 13.3. The van der Waals surface area contributed by atoms with Gasteiger partial charge in [-0.05, 0) is 17.5 Å². The Morgan fingerprint density at radius 2 is 2.05 bits per heavy atom. The quantitative estimate of drug-likeness (QED) is 0.726. The topological polar surface area (TPSA) is 62.5 Å². The van der Waals surface area contributed by atoms with E-state index in [4.69, 9.17) is 4.42 Å². The van der Waals surface area contributed by atoms with Crippen LogP contribution in [0, 0.1) is 0 Å². The van der Waals surface area contributed by atoms with Crippen LogP contribution in [0.1, 0.15) is 10.4 Å². The summed E-state index contributed by atoms with van der Waals surface area (Å²) in [6.45, 7) is 2.91. The Bertz CT molecular complexity index is 791. The molecule has 1 saturated heterocycles. The molecular weight excluding hydrogens is 300 g/mol. The Balaban J connectivity index is 1.50. The van der Waals surface area contributed by atoms with Crippen molar-refractivity contribution in [2.45, 2.75) is 0 Å². The van der Waals surface area contributed by atoms with Gasteiger partial charge in [-0.3, -0.25) is 4.79 Å². The van der Waals surface area contributed by atoms with Crippen molar-refractivity contribution in [3.8, 4) is 0 Å². The van der Waals surface area contributed by atoms with Gasteiger partial charge in [-0.1, -0.05) is 0 Å². The number of hydrogen-bond donors (Lipinski definition) is 0. The van der Waals surface area contributed by atoms with Gasteiger partial charge in [-0.15, -0.1) is 11.3 Å². The molecule has 0 unspecified atom stereocenters. The fourth-order valence-corrected chi connectivity index (χ4v) is 3.55. The lowest BCUT2D eigenvalue weighted by molar-refractivity contribution is 0.0746. The molecule has 0 aliphatic carbocycles. The van der Waals surface area contributed by atoms with Crippen molar-refractivity contribution >= 4 is 33.3 Å². The second-order valence-electron chi connectivity index (χ2n) is 5.12. The highest BCUT2D eigenvalue weighted by Gasteiger charge is 2.24. The zero-order valence-corrected chi connectivity index (χ0v) is 12.6. The van der Waals surface area contributed by atoms with Gasteiger partial charge in [-0.2, -0.15) is 0 Å². The molecule has 0 bridgehead atoms. The Labute approximate surface area is 131 Å². The number of piperazine rings is 1. The summed E-state index contributed by atoms with van der Waals surface area (Å²) in [4.78, 5) is 25.1. The Hall–Kier alpha value is -2.41. The molecule has 0 atom stereocenters. The summed E-state index contributed by atoms with van der Waals surface area (Å²) in [7, 11) is 0. The van der Waals surface area contributed by atoms with Crippen molar-refractivity contribution < 1.29 is 9.21 Å². The van der Waals surface area contributed by atoms with Crippen LogP contribution in [-0.4, -0.2) is 47.0 Å². The number of fused-ring (bicyclic) bond motifs is 1. The van der Waals surface area contributed by atoms with Gasteiger partial charge in [0.05, 0.1) is 22.0 Å². The molecule has 6 nitrogen and oxygen atoms in total. The Morgan fingerprint density at radius 3 is 2.82 bits per heavy atom. The highest BCUT2D eigenvalue weighted by molar-refractivity contribution is 7.17. The van der Waals surface area contributed by atoms with Crippen molar-refractivity contribution in [1.82, 2.24) is 14.9 Å². The van der Waals surface area contributed by atoms with Crippen molar-refractivity contribution in [2.24, 2.45) is 0 Å². The van der Waals surface area contributed by atoms with Crippen LogP contribution in [-0.2, 0) is 0 Å². The van der Waals surface area contributed by atoms with E-state index in [9.17, 15) is 4.79 Å². The van der Waals surface area contributed by atoms with Crippen LogP contribution in [0.15, 0.2) is 40.8 Å². The van der Waals surface area contributed by atoms with Crippen LogP contribution in [0.3, 0.4) is 0 Å². The number of hydrogen-bond acceptors (Lipinski definition) is 6. The van der Waals surface area contributed by atoms with E-state index < -0.39 is 0 Å². The smallest absolute Gasteiger partial charge is 0.257 e. The van der Waals surface area contributed by atoms with Crippen molar-refractivity contribution in [3.63, 3.8) is 0 Å². The highest BCUT2D eigenvalue weighted by atomic mass is 32.1. The normalized spacial score (nSPS) is 15.5. The predicted octanol–water partition coefficient (Wildman–Crippen LogP) is 2.25. The summed E-state index contributed by atoms with van der Waals surface area (Å²) in [6, 6.07) is 3.71. The SMILES string of the molecule is O=C(c1ccoc1)N1CCN(c2ncnc3ccsc23)CC1. The maximum atomic E-state index is 12.3. The summed E-state index contributed by atoms with van der Waals surface area (Å²) >= 11 is 1.65.